The summed E-state index contributed by atoms with van der Waals surface area (Å²) in [7, 11) is 3.06. The van der Waals surface area contributed by atoms with E-state index in [4.69, 9.17) is 5.11 Å². The lowest BCUT2D eigenvalue weighted by Gasteiger charge is -2.04. The van der Waals surface area contributed by atoms with Crippen LogP contribution in [0.25, 0.3) is 5.52 Å². The van der Waals surface area contributed by atoms with Crippen LogP contribution in [0, 0.1) is 6.92 Å². The lowest BCUT2D eigenvalue weighted by molar-refractivity contribution is -0.136. The molecule has 0 fully saturated rings. The van der Waals surface area contributed by atoms with Crippen molar-refractivity contribution in [2.45, 2.75) is 13.3 Å². The van der Waals surface area contributed by atoms with Crippen molar-refractivity contribution < 1.29 is 14.7 Å². The molecule has 1 amide bonds. The summed E-state index contributed by atoms with van der Waals surface area (Å²) in [6.45, 7) is 2.47. The van der Waals surface area contributed by atoms with Crippen LogP contribution in [0.2, 0.25) is 0 Å². The fourth-order valence-electron chi connectivity index (χ4n) is 1.87. The summed E-state index contributed by atoms with van der Waals surface area (Å²) in [5.74, 6) is 0.372. The van der Waals surface area contributed by atoms with Gasteiger partial charge in [-0.05, 0) is 19.1 Å². The topological polar surface area (TPSA) is 83.7 Å². The number of nitrogens with one attached hydrogen (secondary N) is 1. The highest BCUT2D eigenvalue weighted by Gasteiger charge is 2.12. The average Bonchev–Trinajstić information content (AvgIpc) is 2.91. The molecule has 22 heavy (non-hydrogen) atoms. The second-order valence-corrected chi connectivity index (χ2v) is 7.27. The van der Waals surface area contributed by atoms with Crippen molar-refractivity contribution in [3.63, 3.8) is 0 Å². The standard InChI is InChI=1S/C14H17N3O3S2/c1-10-3-2-4-12-11(9-16-17(10)12)14(20)15-6-8-22-21-7-5-13(18)19/h2-4,9H,5-8H2,1H3,(H,15,20)(H,18,19). The molecule has 0 unspecified atom stereocenters. The summed E-state index contributed by atoms with van der Waals surface area (Å²) in [6.07, 6.45) is 1.73. The molecule has 0 atom stereocenters. The maximum absolute atomic E-state index is 12.2. The van der Waals surface area contributed by atoms with Gasteiger partial charge in [0.15, 0.2) is 0 Å². The summed E-state index contributed by atoms with van der Waals surface area (Å²) in [5.41, 5.74) is 2.33. The zero-order chi connectivity index (χ0) is 15.9. The van der Waals surface area contributed by atoms with Crippen molar-refractivity contribution in [1.29, 1.82) is 0 Å². The number of rotatable bonds is 8. The molecule has 118 valence electrons. The van der Waals surface area contributed by atoms with Crippen molar-refractivity contribution in [1.82, 2.24) is 14.9 Å². The predicted molar refractivity (Wildman–Crippen MR) is 89.4 cm³/mol. The Balaban J connectivity index is 1.77. The smallest absolute Gasteiger partial charge is 0.304 e. The molecule has 2 rings (SSSR count). The van der Waals surface area contributed by atoms with Gasteiger partial charge in [-0.3, -0.25) is 9.59 Å². The molecule has 6 nitrogen and oxygen atoms in total. The number of carboxylic acids is 1. The van der Waals surface area contributed by atoms with E-state index in [1.165, 1.54) is 10.8 Å². The second kappa shape index (κ2) is 8.09. The van der Waals surface area contributed by atoms with Crippen LogP contribution in [0.5, 0.6) is 0 Å². The number of fused-ring (bicyclic) bond motifs is 1. The highest BCUT2D eigenvalue weighted by Crippen LogP contribution is 2.21. The van der Waals surface area contributed by atoms with Gasteiger partial charge in [0.25, 0.3) is 5.91 Å². The summed E-state index contributed by atoms with van der Waals surface area (Å²) in [5, 5.41) is 15.6. The minimum atomic E-state index is -0.787. The zero-order valence-electron chi connectivity index (χ0n) is 12.1. The van der Waals surface area contributed by atoms with E-state index in [1.54, 1.807) is 21.5 Å². The van der Waals surface area contributed by atoms with E-state index in [9.17, 15) is 9.59 Å². The van der Waals surface area contributed by atoms with E-state index < -0.39 is 5.97 Å². The number of aliphatic carboxylic acids is 1. The first-order valence-corrected chi connectivity index (χ1v) is 9.26. The highest BCUT2D eigenvalue weighted by atomic mass is 33.1. The van der Waals surface area contributed by atoms with Crippen molar-refractivity contribution in [3.8, 4) is 0 Å². The molecule has 0 spiro atoms. The fourth-order valence-corrected chi connectivity index (χ4v) is 3.76. The number of hydrogen-bond acceptors (Lipinski definition) is 5. The average molecular weight is 339 g/mol. The fraction of sp³-hybridized carbons (Fsp3) is 0.357. The SMILES string of the molecule is Cc1cccc2c(C(=O)NCCSSCCC(=O)O)cnn12. The van der Waals surface area contributed by atoms with Crippen LogP contribution in [-0.4, -0.2) is 44.6 Å². The van der Waals surface area contributed by atoms with Gasteiger partial charge >= 0.3 is 5.97 Å². The summed E-state index contributed by atoms with van der Waals surface area (Å²) in [6, 6.07) is 5.70. The van der Waals surface area contributed by atoms with Crippen LogP contribution in [-0.2, 0) is 4.79 Å². The molecule has 2 heterocycles. The van der Waals surface area contributed by atoms with Crippen molar-refractivity contribution in [3.05, 3.63) is 35.7 Å². The van der Waals surface area contributed by atoms with Gasteiger partial charge in [-0.15, -0.1) is 0 Å². The molecule has 2 N–H and O–H groups in total. The monoisotopic (exact) mass is 339 g/mol. The number of pyridine rings is 1. The van der Waals surface area contributed by atoms with Crippen LogP contribution < -0.4 is 5.32 Å². The van der Waals surface area contributed by atoms with Crippen LogP contribution in [0.1, 0.15) is 22.5 Å². The van der Waals surface area contributed by atoms with Crippen LogP contribution >= 0.6 is 21.6 Å². The molecule has 0 aromatic carbocycles. The van der Waals surface area contributed by atoms with Crippen molar-refractivity contribution in [2.24, 2.45) is 0 Å². The lowest BCUT2D eigenvalue weighted by Crippen LogP contribution is -2.25. The van der Waals surface area contributed by atoms with E-state index in [1.807, 2.05) is 25.1 Å². The molecule has 0 bridgehead atoms. The first kappa shape index (κ1) is 16.7. The van der Waals surface area contributed by atoms with Gasteiger partial charge in [-0.1, -0.05) is 27.7 Å². The van der Waals surface area contributed by atoms with Gasteiger partial charge in [-0.25, -0.2) is 4.52 Å². The maximum Gasteiger partial charge on any atom is 0.304 e. The Morgan fingerprint density at radius 3 is 2.86 bits per heavy atom. The molecule has 0 radical (unpaired) electrons. The molecule has 0 saturated carbocycles. The number of carbonyl (C=O) groups excluding carboxylic acids is 1. The van der Waals surface area contributed by atoms with Gasteiger partial charge in [0, 0.05) is 23.7 Å². The third kappa shape index (κ3) is 4.41. The number of carbonyl (C=O) groups is 2. The first-order valence-electron chi connectivity index (χ1n) is 6.77. The third-order valence-electron chi connectivity index (χ3n) is 2.93. The Morgan fingerprint density at radius 1 is 1.32 bits per heavy atom. The minimum absolute atomic E-state index is 0.142. The van der Waals surface area contributed by atoms with Crippen molar-refractivity contribution >= 4 is 39.0 Å². The highest BCUT2D eigenvalue weighted by molar-refractivity contribution is 8.76. The largest absolute Gasteiger partial charge is 0.481 e. The Kier molecular flexibility index (Phi) is 6.14. The van der Waals surface area contributed by atoms with Gasteiger partial charge in [-0.2, -0.15) is 5.10 Å². The molecule has 0 saturated heterocycles. The minimum Gasteiger partial charge on any atom is -0.481 e. The van der Waals surface area contributed by atoms with E-state index >= 15 is 0 Å². The number of carboxylic acid groups (broad SMARTS) is 1. The molecular formula is C14H17N3O3S2. The predicted octanol–water partition coefficient (Wildman–Crippen LogP) is 2.23. The molecule has 2 aromatic heterocycles. The number of hydrogen-bond donors (Lipinski definition) is 2. The summed E-state index contributed by atoms with van der Waals surface area (Å²) >= 11 is 0. The third-order valence-corrected chi connectivity index (χ3v) is 5.34. The van der Waals surface area contributed by atoms with Crippen LogP contribution in [0.15, 0.2) is 24.4 Å². The quantitative estimate of drug-likeness (QED) is 0.567. The molecule has 8 heteroatoms. The Hall–Kier alpha value is -1.67. The van der Waals surface area contributed by atoms with Crippen LogP contribution in [0.3, 0.4) is 0 Å². The van der Waals surface area contributed by atoms with Gasteiger partial charge in [0.2, 0.25) is 0 Å². The number of aromatic nitrogens is 2. The number of amides is 1. The molecule has 0 aliphatic carbocycles. The summed E-state index contributed by atoms with van der Waals surface area (Å²) < 4.78 is 1.74. The number of nitrogens with zero attached hydrogens (tertiary/aromatic N) is 2. The summed E-state index contributed by atoms with van der Waals surface area (Å²) in [4.78, 5) is 22.5. The van der Waals surface area contributed by atoms with Gasteiger partial charge in [0.05, 0.1) is 23.7 Å². The normalized spacial score (nSPS) is 10.8. The van der Waals surface area contributed by atoms with Crippen LogP contribution in [0.4, 0.5) is 0 Å². The van der Waals surface area contributed by atoms with E-state index in [0.29, 0.717) is 17.9 Å². The Bertz CT molecular complexity index is 672. The second-order valence-electron chi connectivity index (χ2n) is 4.57. The Morgan fingerprint density at radius 2 is 2.09 bits per heavy atom. The molecular weight excluding hydrogens is 322 g/mol. The molecule has 2 aromatic rings. The van der Waals surface area contributed by atoms with E-state index in [2.05, 4.69) is 10.4 Å². The van der Waals surface area contributed by atoms with Gasteiger partial charge in [0.1, 0.15) is 0 Å². The lowest BCUT2D eigenvalue weighted by atomic mass is 10.2. The van der Waals surface area contributed by atoms with Crippen molar-refractivity contribution in [2.75, 3.05) is 18.1 Å². The van der Waals surface area contributed by atoms with E-state index in [0.717, 1.165) is 17.0 Å². The molecule has 0 aliphatic heterocycles. The first-order chi connectivity index (χ1) is 10.6. The number of aryl methyl sites for hydroxylation is 1. The van der Waals surface area contributed by atoms with Gasteiger partial charge < -0.3 is 10.4 Å². The Labute approximate surface area is 136 Å². The molecule has 0 aliphatic rings. The maximum atomic E-state index is 12.2. The zero-order valence-corrected chi connectivity index (χ0v) is 13.7. The van der Waals surface area contributed by atoms with E-state index in [-0.39, 0.29) is 12.3 Å².